The third kappa shape index (κ3) is 5.05. The van der Waals surface area contributed by atoms with Crippen molar-refractivity contribution < 1.29 is 24.2 Å². The lowest BCUT2D eigenvalue weighted by molar-refractivity contribution is -0.138. The highest BCUT2D eigenvalue weighted by Gasteiger charge is 2.34. The van der Waals surface area contributed by atoms with Crippen molar-refractivity contribution in [2.45, 2.75) is 32.7 Å². The summed E-state index contributed by atoms with van der Waals surface area (Å²) in [6, 6.07) is 10.0. The van der Waals surface area contributed by atoms with E-state index < -0.39 is 12.0 Å². The van der Waals surface area contributed by atoms with Crippen LogP contribution >= 0.6 is 15.9 Å². The van der Waals surface area contributed by atoms with E-state index in [0.717, 1.165) is 15.6 Å². The average molecular weight is 477 g/mol. The molecule has 8 heteroatoms. The number of aliphatic carboxylic acids is 1. The van der Waals surface area contributed by atoms with Crippen molar-refractivity contribution in [3.8, 4) is 11.5 Å². The van der Waals surface area contributed by atoms with Crippen LogP contribution in [0, 0.1) is 0 Å². The van der Waals surface area contributed by atoms with Crippen molar-refractivity contribution in [2.24, 2.45) is 0 Å². The molecule has 0 aromatic heterocycles. The fraction of sp³-hybridized carbons (Fsp3) is 0.364. The second-order valence-corrected chi connectivity index (χ2v) is 7.77. The molecule has 1 aliphatic rings. The number of carboxylic acid groups (broad SMARTS) is 1. The molecule has 0 fully saturated rings. The molecule has 2 N–H and O–H groups in total. The zero-order valence-corrected chi connectivity index (χ0v) is 18.6. The van der Waals surface area contributed by atoms with Crippen LogP contribution in [0.4, 0.5) is 10.5 Å². The molecule has 0 unspecified atom stereocenters. The number of nitrogens with zero attached hydrogens (tertiary/aromatic N) is 1. The van der Waals surface area contributed by atoms with Crippen LogP contribution in [0.2, 0.25) is 0 Å². The maximum Gasteiger partial charge on any atom is 0.322 e. The monoisotopic (exact) mass is 476 g/mol. The molecule has 3 rings (SSSR count). The van der Waals surface area contributed by atoms with Gasteiger partial charge in [-0.05, 0) is 67.8 Å². The summed E-state index contributed by atoms with van der Waals surface area (Å²) in [7, 11) is 0. The number of urea groups is 1. The molecule has 0 bridgehead atoms. The van der Waals surface area contributed by atoms with Gasteiger partial charge in [0, 0.05) is 16.7 Å². The van der Waals surface area contributed by atoms with Crippen molar-refractivity contribution in [3.05, 3.63) is 52.0 Å². The van der Waals surface area contributed by atoms with Gasteiger partial charge in [-0.25, -0.2) is 4.79 Å². The molecule has 2 aromatic rings. The van der Waals surface area contributed by atoms with Gasteiger partial charge in [0.15, 0.2) is 11.5 Å². The molecule has 0 saturated heterocycles. The van der Waals surface area contributed by atoms with E-state index in [1.165, 1.54) is 0 Å². The Kier molecular flexibility index (Phi) is 7.20. The first-order chi connectivity index (χ1) is 14.4. The number of ether oxygens (including phenoxy) is 2. The molecule has 1 aliphatic heterocycles. The third-order valence-corrected chi connectivity index (χ3v) is 5.42. The number of hydrogen-bond acceptors (Lipinski definition) is 4. The number of nitrogens with one attached hydrogen (secondary N) is 1. The highest BCUT2D eigenvalue weighted by Crippen LogP contribution is 2.40. The Hall–Kier alpha value is -2.74. The van der Waals surface area contributed by atoms with Gasteiger partial charge < -0.3 is 24.8 Å². The summed E-state index contributed by atoms with van der Waals surface area (Å²) >= 11 is 3.37. The molecular formula is C22H25BrN2O5. The van der Waals surface area contributed by atoms with Crippen LogP contribution in [0.3, 0.4) is 0 Å². The molecule has 7 nitrogen and oxygen atoms in total. The van der Waals surface area contributed by atoms with E-state index in [-0.39, 0.29) is 12.5 Å². The summed E-state index contributed by atoms with van der Waals surface area (Å²) in [4.78, 5) is 26.2. The number of carbonyl (C=O) groups excluding carboxylic acids is 1. The first kappa shape index (κ1) is 22.0. The fourth-order valence-electron chi connectivity index (χ4n) is 3.60. The number of fused-ring (bicyclic) bond motifs is 1. The van der Waals surface area contributed by atoms with Crippen LogP contribution in [-0.4, -0.2) is 41.8 Å². The quantitative estimate of drug-likeness (QED) is 0.595. The second-order valence-electron chi connectivity index (χ2n) is 6.86. The molecule has 0 aliphatic carbocycles. The first-order valence-electron chi connectivity index (χ1n) is 9.90. The van der Waals surface area contributed by atoms with Crippen LogP contribution in [0.15, 0.2) is 40.9 Å². The zero-order valence-electron chi connectivity index (χ0n) is 17.0. The molecule has 0 saturated carbocycles. The number of rotatable bonds is 7. The lowest BCUT2D eigenvalue weighted by atomic mass is 9.90. The number of carboxylic acids is 1. The van der Waals surface area contributed by atoms with Gasteiger partial charge in [-0.1, -0.05) is 15.9 Å². The molecule has 2 aromatic carbocycles. The van der Waals surface area contributed by atoms with E-state index >= 15 is 0 Å². The fourth-order valence-corrected chi connectivity index (χ4v) is 3.87. The molecule has 160 valence electrons. The smallest absolute Gasteiger partial charge is 0.322 e. The third-order valence-electron chi connectivity index (χ3n) is 4.89. The highest BCUT2D eigenvalue weighted by molar-refractivity contribution is 9.10. The van der Waals surface area contributed by atoms with Gasteiger partial charge in [0.2, 0.25) is 0 Å². The Morgan fingerprint density at radius 3 is 2.37 bits per heavy atom. The maximum absolute atomic E-state index is 13.0. The van der Waals surface area contributed by atoms with Gasteiger partial charge in [0.05, 0.1) is 25.7 Å². The van der Waals surface area contributed by atoms with E-state index in [9.17, 15) is 14.7 Å². The molecular weight excluding hydrogens is 452 g/mol. The normalized spacial score (nSPS) is 15.3. The minimum atomic E-state index is -0.971. The SMILES string of the molecule is CCOc1cc2c(cc1OCC)[C@@H](CC(=O)O)N(C(=O)Nc1ccc(Br)cc1)CC2. The van der Waals surface area contributed by atoms with Crippen LogP contribution in [0.1, 0.15) is 37.4 Å². The number of amides is 2. The van der Waals surface area contributed by atoms with Gasteiger partial charge in [-0.3, -0.25) is 4.79 Å². The van der Waals surface area contributed by atoms with Crippen molar-refractivity contribution in [1.82, 2.24) is 4.90 Å². The first-order valence-corrected chi connectivity index (χ1v) is 10.7. The summed E-state index contributed by atoms with van der Waals surface area (Å²) < 4.78 is 12.3. The summed E-state index contributed by atoms with van der Waals surface area (Å²) in [5.41, 5.74) is 2.40. The summed E-state index contributed by atoms with van der Waals surface area (Å²) in [5, 5.41) is 12.4. The topological polar surface area (TPSA) is 88.1 Å². The number of halogens is 1. The number of carbonyl (C=O) groups is 2. The predicted octanol–water partition coefficient (Wildman–Crippen LogP) is 4.85. The maximum atomic E-state index is 13.0. The summed E-state index contributed by atoms with van der Waals surface area (Å²) in [5.74, 6) is 0.227. The largest absolute Gasteiger partial charge is 0.490 e. The molecule has 1 heterocycles. The van der Waals surface area contributed by atoms with Crippen molar-refractivity contribution in [1.29, 1.82) is 0 Å². The Bertz CT molecular complexity index is 916. The molecule has 30 heavy (non-hydrogen) atoms. The van der Waals surface area contributed by atoms with E-state index in [1.807, 2.05) is 38.1 Å². The molecule has 0 spiro atoms. The van der Waals surface area contributed by atoms with Crippen LogP contribution in [-0.2, 0) is 11.2 Å². The van der Waals surface area contributed by atoms with E-state index in [4.69, 9.17) is 9.47 Å². The van der Waals surface area contributed by atoms with Crippen LogP contribution < -0.4 is 14.8 Å². The Morgan fingerprint density at radius 1 is 1.13 bits per heavy atom. The van der Waals surface area contributed by atoms with Gasteiger partial charge in [-0.15, -0.1) is 0 Å². The second kappa shape index (κ2) is 9.84. The highest BCUT2D eigenvalue weighted by atomic mass is 79.9. The summed E-state index contributed by atoms with van der Waals surface area (Å²) in [6.07, 6.45) is 0.409. The van der Waals surface area contributed by atoms with Gasteiger partial charge in [0.25, 0.3) is 0 Å². The lowest BCUT2D eigenvalue weighted by Gasteiger charge is -2.37. The van der Waals surface area contributed by atoms with Crippen molar-refractivity contribution in [2.75, 3.05) is 25.1 Å². The number of hydrogen-bond donors (Lipinski definition) is 2. The standard InChI is InChI=1S/C22H25BrN2O5/c1-3-29-19-11-14-9-10-25(22(28)24-16-7-5-15(23)6-8-16)18(13-21(26)27)17(14)12-20(19)30-4-2/h5-8,11-12,18H,3-4,9-10,13H2,1-2H3,(H,24,28)(H,26,27)/t18-/m1/s1. The van der Waals surface area contributed by atoms with Gasteiger partial charge >= 0.3 is 12.0 Å². The minimum Gasteiger partial charge on any atom is -0.490 e. The van der Waals surface area contributed by atoms with Crippen LogP contribution in [0.25, 0.3) is 0 Å². The van der Waals surface area contributed by atoms with E-state index in [0.29, 0.717) is 43.4 Å². The lowest BCUT2D eigenvalue weighted by Crippen LogP contribution is -2.43. The van der Waals surface area contributed by atoms with Crippen LogP contribution in [0.5, 0.6) is 11.5 Å². The Balaban J connectivity index is 1.93. The molecule has 0 radical (unpaired) electrons. The molecule has 2 amide bonds. The van der Waals surface area contributed by atoms with Crippen molar-refractivity contribution in [3.63, 3.8) is 0 Å². The molecule has 1 atom stereocenters. The Morgan fingerprint density at radius 2 is 1.77 bits per heavy atom. The van der Waals surface area contributed by atoms with E-state index in [2.05, 4.69) is 21.2 Å². The van der Waals surface area contributed by atoms with Crippen molar-refractivity contribution >= 4 is 33.6 Å². The Labute approximate surface area is 184 Å². The summed E-state index contributed by atoms with van der Waals surface area (Å²) in [6.45, 7) is 5.14. The minimum absolute atomic E-state index is 0.194. The van der Waals surface area contributed by atoms with Gasteiger partial charge in [0.1, 0.15) is 0 Å². The number of benzene rings is 2. The van der Waals surface area contributed by atoms with E-state index in [1.54, 1.807) is 17.0 Å². The average Bonchev–Trinajstić information content (AvgIpc) is 2.70. The zero-order chi connectivity index (χ0) is 21.7. The number of anilines is 1. The predicted molar refractivity (Wildman–Crippen MR) is 117 cm³/mol. The van der Waals surface area contributed by atoms with Gasteiger partial charge in [-0.2, -0.15) is 0 Å².